The molecule has 2 atom stereocenters. The summed E-state index contributed by atoms with van der Waals surface area (Å²) in [5.74, 6) is -3.36. The number of nitrogens with zero attached hydrogens (tertiary/aromatic N) is 2. The molecule has 196 valence electrons. The normalized spacial score (nSPS) is 24.1. The highest BCUT2D eigenvalue weighted by atomic mass is 79.9. The van der Waals surface area contributed by atoms with Crippen molar-refractivity contribution in [2.24, 2.45) is 16.9 Å². The molecule has 1 aliphatic heterocycles. The molecule has 1 N–H and O–H groups in total. The number of hydrazone groups is 1. The van der Waals surface area contributed by atoms with Crippen LogP contribution in [0.2, 0.25) is 0 Å². The number of rotatable bonds is 4. The van der Waals surface area contributed by atoms with Crippen molar-refractivity contribution < 1.29 is 18.8 Å². The van der Waals surface area contributed by atoms with E-state index in [4.69, 9.17) is 0 Å². The Bertz CT molecular complexity index is 1690. The van der Waals surface area contributed by atoms with Gasteiger partial charge in [0.05, 0.1) is 22.9 Å². The van der Waals surface area contributed by atoms with Crippen molar-refractivity contribution in [3.8, 4) is 0 Å². The van der Waals surface area contributed by atoms with Crippen molar-refractivity contribution in [3.63, 3.8) is 0 Å². The van der Waals surface area contributed by atoms with E-state index in [1.54, 1.807) is 30.5 Å². The number of hydrogen-bond acceptors (Lipinski definition) is 4. The smallest absolute Gasteiger partial charge is 0.271 e. The van der Waals surface area contributed by atoms with Crippen LogP contribution >= 0.6 is 15.9 Å². The fraction of sp³-hybridized carbons (Fsp3) is 0.125. The lowest BCUT2D eigenvalue weighted by Crippen LogP contribution is -2.54. The summed E-state index contributed by atoms with van der Waals surface area (Å²) in [6.45, 7) is 0. The molecule has 2 bridgehead atoms. The zero-order valence-corrected chi connectivity index (χ0v) is 22.5. The highest BCUT2D eigenvalue weighted by Gasteiger charge is 2.68. The summed E-state index contributed by atoms with van der Waals surface area (Å²) < 4.78 is 14.6. The monoisotopic (exact) mass is 593 g/mol. The molecule has 0 aromatic heterocycles. The van der Waals surface area contributed by atoms with Gasteiger partial charge in [0.2, 0.25) is 11.8 Å². The van der Waals surface area contributed by atoms with Crippen LogP contribution in [0.4, 0.5) is 10.1 Å². The molecule has 1 saturated heterocycles. The molecule has 0 spiro atoms. The average Bonchev–Trinajstić information content (AvgIpc) is 3.24. The minimum absolute atomic E-state index is 0.327. The summed E-state index contributed by atoms with van der Waals surface area (Å²) in [5.41, 5.74) is 5.93. The topological polar surface area (TPSA) is 78.8 Å². The van der Waals surface area contributed by atoms with Gasteiger partial charge in [-0.2, -0.15) is 5.10 Å². The van der Waals surface area contributed by atoms with E-state index >= 15 is 0 Å². The van der Waals surface area contributed by atoms with Crippen molar-refractivity contribution in [1.82, 2.24) is 5.43 Å². The molecule has 3 amide bonds. The molecule has 8 rings (SSSR count). The molecule has 0 unspecified atom stereocenters. The fourth-order valence-corrected chi connectivity index (χ4v) is 7.02. The highest BCUT2D eigenvalue weighted by molar-refractivity contribution is 9.10. The number of imide groups is 1. The van der Waals surface area contributed by atoms with Crippen molar-refractivity contribution in [2.45, 2.75) is 11.3 Å². The fourth-order valence-electron chi connectivity index (χ4n) is 6.75. The Morgan fingerprint density at radius 2 is 1.45 bits per heavy atom. The number of amides is 3. The van der Waals surface area contributed by atoms with Crippen LogP contribution < -0.4 is 10.3 Å². The Labute approximate surface area is 237 Å². The Morgan fingerprint density at radius 3 is 2.08 bits per heavy atom. The Hall–Kier alpha value is -4.43. The highest BCUT2D eigenvalue weighted by Crippen LogP contribution is 2.63. The lowest BCUT2D eigenvalue weighted by Gasteiger charge is -2.52. The minimum Gasteiger partial charge on any atom is -0.274 e. The SMILES string of the molecule is O=C(N/N=C/C12c3ccccc3C(c3ccccc31)[C@H]1C(=O)N(c3ccc(F)cc3)C(=O)[C@@H]12)c1ccc(Br)cc1. The van der Waals surface area contributed by atoms with Gasteiger partial charge < -0.3 is 0 Å². The third-order valence-electron chi connectivity index (χ3n) is 8.31. The van der Waals surface area contributed by atoms with Crippen LogP contribution in [0.3, 0.4) is 0 Å². The van der Waals surface area contributed by atoms with Gasteiger partial charge in [0.15, 0.2) is 0 Å². The van der Waals surface area contributed by atoms with Gasteiger partial charge in [0.1, 0.15) is 5.82 Å². The van der Waals surface area contributed by atoms with Gasteiger partial charge in [0, 0.05) is 22.2 Å². The van der Waals surface area contributed by atoms with E-state index in [0.29, 0.717) is 11.3 Å². The molecule has 0 radical (unpaired) electrons. The van der Waals surface area contributed by atoms with Crippen molar-refractivity contribution in [2.75, 3.05) is 4.90 Å². The van der Waals surface area contributed by atoms with Gasteiger partial charge in [-0.3, -0.25) is 14.4 Å². The maximum Gasteiger partial charge on any atom is 0.271 e. The standard InChI is InChI=1S/C32H21BrFN3O3/c33-19-11-9-18(10-12-19)29(38)36-35-17-32-24-7-3-1-5-22(24)26(23-6-2-4-8-25(23)32)27-28(32)31(40)37(30(27)39)21-15-13-20(34)14-16-21/h1-17,26-28H,(H,36,38)/b35-17+/t26?,27-,28-,32?/m1/s1. The molecule has 0 saturated carbocycles. The summed E-state index contributed by atoms with van der Waals surface area (Å²) >= 11 is 3.37. The second-order valence-electron chi connectivity index (χ2n) is 10.2. The minimum atomic E-state index is -1.11. The second-order valence-corrected chi connectivity index (χ2v) is 11.1. The van der Waals surface area contributed by atoms with Crippen LogP contribution in [-0.2, 0) is 15.0 Å². The number of benzene rings is 4. The largest absolute Gasteiger partial charge is 0.274 e. The predicted octanol–water partition coefficient (Wildman–Crippen LogP) is 5.55. The second kappa shape index (κ2) is 9.06. The van der Waals surface area contributed by atoms with Gasteiger partial charge in [0.25, 0.3) is 5.91 Å². The zero-order chi connectivity index (χ0) is 27.6. The number of carbonyl (C=O) groups excluding carboxylic acids is 3. The van der Waals surface area contributed by atoms with Crippen LogP contribution in [0, 0.1) is 17.7 Å². The van der Waals surface area contributed by atoms with E-state index in [0.717, 1.165) is 26.7 Å². The predicted molar refractivity (Wildman–Crippen MR) is 151 cm³/mol. The molecular formula is C32H21BrFN3O3. The van der Waals surface area contributed by atoms with Crippen LogP contribution in [-0.4, -0.2) is 23.9 Å². The molecular weight excluding hydrogens is 573 g/mol. The number of nitrogens with one attached hydrogen (secondary N) is 1. The van der Waals surface area contributed by atoms with Crippen LogP contribution in [0.25, 0.3) is 0 Å². The van der Waals surface area contributed by atoms with Gasteiger partial charge >= 0.3 is 0 Å². The van der Waals surface area contributed by atoms with E-state index in [2.05, 4.69) is 26.5 Å². The third kappa shape index (κ3) is 3.38. The molecule has 1 heterocycles. The van der Waals surface area contributed by atoms with E-state index in [1.165, 1.54) is 29.2 Å². The van der Waals surface area contributed by atoms with Crippen LogP contribution in [0.5, 0.6) is 0 Å². The van der Waals surface area contributed by atoms with Crippen molar-refractivity contribution in [3.05, 3.63) is 135 Å². The summed E-state index contributed by atoms with van der Waals surface area (Å²) in [7, 11) is 0. The van der Waals surface area contributed by atoms with Crippen LogP contribution in [0.1, 0.15) is 38.5 Å². The molecule has 4 aliphatic rings. The Kier molecular flexibility index (Phi) is 5.57. The van der Waals surface area contributed by atoms with Gasteiger partial charge in [-0.1, -0.05) is 64.5 Å². The van der Waals surface area contributed by atoms with E-state index in [9.17, 15) is 18.8 Å². The number of hydrogen-bond donors (Lipinski definition) is 1. The van der Waals surface area contributed by atoms with Gasteiger partial charge in [-0.15, -0.1) is 0 Å². The lowest BCUT2D eigenvalue weighted by atomic mass is 9.47. The molecule has 40 heavy (non-hydrogen) atoms. The first kappa shape index (κ1) is 24.6. The molecule has 8 heteroatoms. The van der Waals surface area contributed by atoms with Crippen molar-refractivity contribution >= 4 is 45.6 Å². The quantitative estimate of drug-likeness (QED) is 0.191. The third-order valence-corrected chi connectivity index (χ3v) is 8.84. The number of carbonyl (C=O) groups is 3. The maximum atomic E-state index is 14.3. The molecule has 6 nitrogen and oxygen atoms in total. The van der Waals surface area contributed by atoms with Crippen LogP contribution in [0.15, 0.2) is 107 Å². The Morgan fingerprint density at radius 1 is 0.850 bits per heavy atom. The first-order chi connectivity index (χ1) is 19.4. The first-order valence-corrected chi connectivity index (χ1v) is 13.6. The average molecular weight is 594 g/mol. The summed E-state index contributed by atoms with van der Waals surface area (Å²) in [5, 5.41) is 4.42. The van der Waals surface area contributed by atoms with Crippen molar-refractivity contribution in [1.29, 1.82) is 0 Å². The number of halogens is 2. The summed E-state index contributed by atoms with van der Waals surface area (Å²) in [6.07, 6.45) is 1.62. The van der Waals surface area contributed by atoms with Gasteiger partial charge in [-0.05, 0) is 70.8 Å². The molecule has 3 aliphatic carbocycles. The molecule has 1 fully saturated rings. The molecule has 4 aromatic rings. The summed E-state index contributed by atoms with van der Waals surface area (Å²) in [6, 6.07) is 27.9. The van der Waals surface area contributed by atoms with E-state index < -0.39 is 29.0 Å². The Balaban J connectivity index is 1.39. The lowest BCUT2D eigenvalue weighted by molar-refractivity contribution is -0.122. The van der Waals surface area contributed by atoms with E-state index in [1.807, 2.05) is 48.5 Å². The zero-order valence-electron chi connectivity index (χ0n) is 20.9. The molecule has 4 aromatic carbocycles. The number of anilines is 1. The summed E-state index contributed by atoms with van der Waals surface area (Å²) in [4.78, 5) is 42.4. The first-order valence-electron chi connectivity index (χ1n) is 12.8. The maximum absolute atomic E-state index is 14.3. The van der Waals surface area contributed by atoms with Gasteiger partial charge in [-0.25, -0.2) is 14.7 Å². The van der Waals surface area contributed by atoms with E-state index in [-0.39, 0.29) is 17.7 Å².